The molecule has 2 nitrogen and oxygen atoms in total. The van der Waals surface area contributed by atoms with Crippen LogP contribution in [0.5, 0.6) is 0 Å². The van der Waals surface area contributed by atoms with Gasteiger partial charge in [0, 0.05) is 12.3 Å². The molecule has 0 unspecified atom stereocenters. The lowest BCUT2D eigenvalue weighted by Crippen LogP contribution is -2.36. The highest BCUT2D eigenvalue weighted by Crippen LogP contribution is 2.19. The summed E-state index contributed by atoms with van der Waals surface area (Å²) in [6.07, 6.45) is 2.74. The summed E-state index contributed by atoms with van der Waals surface area (Å²) in [5.74, 6) is 1.19. The van der Waals surface area contributed by atoms with Gasteiger partial charge in [0.25, 0.3) is 0 Å². The van der Waals surface area contributed by atoms with Gasteiger partial charge in [0.1, 0.15) is 4.32 Å². The molecule has 2 saturated heterocycles. The van der Waals surface area contributed by atoms with Crippen LogP contribution in [-0.4, -0.2) is 46.2 Å². The quantitative estimate of drug-likeness (QED) is 0.624. The predicted octanol–water partition coefficient (Wildman–Crippen LogP) is 1.37. The van der Waals surface area contributed by atoms with Crippen molar-refractivity contribution < 1.29 is 0 Å². The second-order valence-corrected chi connectivity index (χ2v) is 5.07. The van der Waals surface area contributed by atoms with Gasteiger partial charge in [0.05, 0.1) is 6.67 Å². The number of likely N-dealkylation sites (tertiary alicyclic amines) is 1. The molecule has 0 saturated carbocycles. The van der Waals surface area contributed by atoms with Gasteiger partial charge in [-0.3, -0.25) is 4.90 Å². The van der Waals surface area contributed by atoms with E-state index in [9.17, 15) is 0 Å². The average Bonchev–Trinajstić information content (AvgIpc) is 2.65. The Labute approximate surface area is 83.3 Å². The minimum Gasteiger partial charge on any atom is -0.344 e. The van der Waals surface area contributed by atoms with Crippen molar-refractivity contribution in [2.24, 2.45) is 0 Å². The first kappa shape index (κ1) is 8.78. The van der Waals surface area contributed by atoms with Crippen LogP contribution in [0.2, 0.25) is 0 Å². The minimum absolute atomic E-state index is 1.08. The number of thiocarbonyl (C=S) groups is 1. The van der Waals surface area contributed by atoms with E-state index in [0.717, 1.165) is 17.5 Å². The highest BCUT2D eigenvalue weighted by molar-refractivity contribution is 8.23. The Kier molecular flexibility index (Phi) is 2.88. The van der Waals surface area contributed by atoms with Crippen molar-refractivity contribution in [2.75, 3.05) is 32.1 Å². The molecule has 0 aromatic rings. The normalized spacial score (nSPS) is 25.7. The molecule has 0 spiro atoms. The highest BCUT2D eigenvalue weighted by Gasteiger charge is 2.21. The lowest BCUT2D eigenvalue weighted by molar-refractivity contribution is 0.236. The van der Waals surface area contributed by atoms with Gasteiger partial charge in [0.2, 0.25) is 0 Å². The lowest BCUT2D eigenvalue weighted by atomic mass is 10.4. The van der Waals surface area contributed by atoms with E-state index in [0.29, 0.717) is 0 Å². The van der Waals surface area contributed by atoms with Gasteiger partial charge < -0.3 is 4.90 Å². The topological polar surface area (TPSA) is 6.48 Å². The monoisotopic (exact) mass is 202 g/mol. The number of rotatable bonds is 2. The van der Waals surface area contributed by atoms with E-state index in [-0.39, 0.29) is 0 Å². The minimum atomic E-state index is 1.08. The summed E-state index contributed by atoms with van der Waals surface area (Å²) in [5, 5.41) is 0. The molecule has 2 aliphatic rings. The van der Waals surface area contributed by atoms with Crippen molar-refractivity contribution in [1.82, 2.24) is 9.80 Å². The Morgan fingerprint density at radius 1 is 1.25 bits per heavy atom. The highest BCUT2D eigenvalue weighted by atomic mass is 32.2. The number of hydrogen-bond donors (Lipinski definition) is 0. The molecule has 0 atom stereocenters. The van der Waals surface area contributed by atoms with Crippen molar-refractivity contribution in [3.63, 3.8) is 0 Å². The fourth-order valence-corrected chi connectivity index (χ4v) is 2.94. The molecule has 4 heteroatoms. The van der Waals surface area contributed by atoms with Crippen molar-refractivity contribution in [3.05, 3.63) is 0 Å². The predicted molar refractivity (Wildman–Crippen MR) is 57.4 cm³/mol. The van der Waals surface area contributed by atoms with Crippen LogP contribution in [0, 0.1) is 0 Å². The Hall–Kier alpha value is 0.200. The fraction of sp³-hybridized carbons (Fsp3) is 0.875. The summed E-state index contributed by atoms with van der Waals surface area (Å²) in [5.41, 5.74) is 0. The molecule has 0 radical (unpaired) electrons. The average molecular weight is 202 g/mol. The van der Waals surface area contributed by atoms with Crippen LogP contribution < -0.4 is 0 Å². The number of nitrogens with zero attached hydrogens (tertiary/aromatic N) is 2. The molecule has 2 aliphatic heterocycles. The van der Waals surface area contributed by atoms with E-state index < -0.39 is 0 Å². The lowest BCUT2D eigenvalue weighted by Gasteiger charge is -2.23. The van der Waals surface area contributed by atoms with Gasteiger partial charge in [-0.25, -0.2) is 0 Å². The maximum Gasteiger partial charge on any atom is 0.137 e. The van der Waals surface area contributed by atoms with Crippen LogP contribution in [0.4, 0.5) is 0 Å². The van der Waals surface area contributed by atoms with Gasteiger partial charge in [-0.2, -0.15) is 0 Å². The molecule has 0 N–H and O–H groups in total. The van der Waals surface area contributed by atoms with Gasteiger partial charge in [0.15, 0.2) is 0 Å². The summed E-state index contributed by atoms with van der Waals surface area (Å²) in [6, 6.07) is 0. The van der Waals surface area contributed by atoms with Crippen molar-refractivity contribution in [1.29, 1.82) is 0 Å². The van der Waals surface area contributed by atoms with Gasteiger partial charge >= 0.3 is 0 Å². The molecule has 2 rings (SSSR count). The van der Waals surface area contributed by atoms with Crippen LogP contribution in [-0.2, 0) is 0 Å². The van der Waals surface area contributed by atoms with Crippen LogP contribution in [0.3, 0.4) is 0 Å². The first-order valence-corrected chi connectivity index (χ1v) is 5.90. The molecule has 0 aromatic carbocycles. The van der Waals surface area contributed by atoms with Crippen LogP contribution in [0.1, 0.15) is 12.8 Å². The van der Waals surface area contributed by atoms with E-state index in [1.165, 1.54) is 31.7 Å². The summed E-state index contributed by atoms with van der Waals surface area (Å²) in [7, 11) is 0. The second-order valence-electron chi connectivity index (χ2n) is 3.34. The third-order valence-corrected chi connectivity index (χ3v) is 3.92. The zero-order valence-corrected chi connectivity index (χ0v) is 8.79. The molecular formula is C8H14N2S2. The largest absolute Gasteiger partial charge is 0.344 e. The van der Waals surface area contributed by atoms with Crippen LogP contribution in [0.25, 0.3) is 0 Å². The Morgan fingerprint density at radius 2 is 2.00 bits per heavy atom. The van der Waals surface area contributed by atoms with Crippen molar-refractivity contribution >= 4 is 28.3 Å². The van der Waals surface area contributed by atoms with E-state index in [1.54, 1.807) is 0 Å². The first-order chi connectivity index (χ1) is 5.86. The molecule has 0 aliphatic carbocycles. The van der Waals surface area contributed by atoms with E-state index in [1.807, 2.05) is 11.8 Å². The van der Waals surface area contributed by atoms with Gasteiger partial charge in [-0.15, -0.1) is 0 Å². The van der Waals surface area contributed by atoms with E-state index >= 15 is 0 Å². The maximum atomic E-state index is 5.24. The zero-order chi connectivity index (χ0) is 8.39. The van der Waals surface area contributed by atoms with Crippen molar-refractivity contribution in [2.45, 2.75) is 12.8 Å². The van der Waals surface area contributed by atoms with E-state index in [4.69, 9.17) is 12.2 Å². The smallest absolute Gasteiger partial charge is 0.137 e. The summed E-state index contributed by atoms with van der Waals surface area (Å²) in [4.78, 5) is 4.82. The SMILES string of the molecule is S=C1SCCN1CN1CCCC1. The van der Waals surface area contributed by atoms with Gasteiger partial charge in [-0.1, -0.05) is 24.0 Å². The number of thioether (sulfide) groups is 1. The summed E-state index contributed by atoms with van der Waals surface area (Å²) in [6.45, 7) is 4.76. The second kappa shape index (κ2) is 3.94. The van der Waals surface area contributed by atoms with E-state index in [2.05, 4.69) is 9.80 Å². The molecular weight excluding hydrogens is 188 g/mol. The molecule has 0 aromatic heterocycles. The number of hydrogen-bond acceptors (Lipinski definition) is 3. The third kappa shape index (κ3) is 1.92. The summed E-state index contributed by atoms with van der Waals surface area (Å²) < 4.78 is 1.10. The summed E-state index contributed by atoms with van der Waals surface area (Å²) >= 11 is 7.06. The van der Waals surface area contributed by atoms with Crippen LogP contribution >= 0.6 is 24.0 Å². The third-order valence-electron chi connectivity index (χ3n) is 2.41. The molecule has 68 valence electrons. The Bertz CT molecular complexity index is 178. The standard InChI is InChI=1S/C8H14N2S2/c11-8-10(5-6-12-8)7-9-3-1-2-4-9/h1-7H2. The first-order valence-electron chi connectivity index (χ1n) is 4.50. The Balaban J connectivity index is 1.81. The molecule has 2 fully saturated rings. The fourth-order valence-electron chi connectivity index (χ4n) is 1.72. The molecule has 0 bridgehead atoms. The maximum absolute atomic E-state index is 5.24. The zero-order valence-electron chi connectivity index (χ0n) is 7.16. The Morgan fingerprint density at radius 3 is 2.58 bits per heavy atom. The molecule has 0 amide bonds. The molecule has 2 heterocycles. The molecule has 12 heavy (non-hydrogen) atoms. The van der Waals surface area contributed by atoms with Crippen LogP contribution in [0.15, 0.2) is 0 Å². The van der Waals surface area contributed by atoms with Crippen molar-refractivity contribution in [3.8, 4) is 0 Å². The van der Waals surface area contributed by atoms with Gasteiger partial charge in [-0.05, 0) is 25.9 Å².